The minimum absolute atomic E-state index is 0.0592. The van der Waals surface area contributed by atoms with Crippen molar-refractivity contribution in [2.75, 3.05) is 26.7 Å². The molecule has 1 heterocycles. The maximum absolute atomic E-state index is 11.9. The number of carbonyl (C=O) groups excluding carboxylic acids is 3. The number of rotatable bonds is 7. The molecule has 0 saturated carbocycles. The van der Waals surface area contributed by atoms with Gasteiger partial charge in [-0.25, -0.2) is 0 Å². The lowest BCUT2D eigenvalue weighted by Crippen LogP contribution is -2.41. The number of amides is 2. The van der Waals surface area contributed by atoms with Crippen LogP contribution in [0.3, 0.4) is 0 Å². The molecule has 0 unspecified atom stereocenters. The van der Waals surface area contributed by atoms with Crippen LogP contribution < -0.4 is 5.32 Å². The van der Waals surface area contributed by atoms with E-state index >= 15 is 0 Å². The lowest BCUT2D eigenvalue weighted by Gasteiger charge is -2.18. The normalized spacial score (nSPS) is 10.5. The molecule has 0 aliphatic carbocycles. The van der Waals surface area contributed by atoms with Crippen LogP contribution in [0.4, 0.5) is 0 Å². The van der Waals surface area contributed by atoms with Gasteiger partial charge in [0, 0.05) is 19.8 Å². The molecule has 1 aromatic rings. The first-order valence-corrected chi connectivity index (χ1v) is 6.72. The van der Waals surface area contributed by atoms with E-state index < -0.39 is 11.8 Å². The van der Waals surface area contributed by atoms with Crippen LogP contribution in [0.1, 0.15) is 23.8 Å². The molecule has 0 spiro atoms. The van der Waals surface area contributed by atoms with E-state index in [0.29, 0.717) is 18.8 Å². The van der Waals surface area contributed by atoms with Gasteiger partial charge in [0.1, 0.15) is 5.69 Å². The minimum Gasteiger partial charge on any atom is -0.469 e. The second kappa shape index (κ2) is 8.21. The summed E-state index contributed by atoms with van der Waals surface area (Å²) in [7, 11) is 3.05. The molecular weight excluding hydrogens is 274 g/mol. The predicted molar refractivity (Wildman–Crippen MR) is 76.6 cm³/mol. The van der Waals surface area contributed by atoms with E-state index in [4.69, 9.17) is 0 Å². The molecule has 116 valence electrons. The summed E-state index contributed by atoms with van der Waals surface area (Å²) in [5.41, 5.74) is 0.418. The number of aromatic nitrogens is 1. The van der Waals surface area contributed by atoms with Gasteiger partial charge in [-0.3, -0.25) is 24.6 Å². The molecule has 0 aromatic carbocycles. The third-order valence-electron chi connectivity index (χ3n) is 3.10. The Morgan fingerprint density at radius 3 is 2.62 bits per heavy atom. The summed E-state index contributed by atoms with van der Waals surface area (Å²) < 4.78 is 6.19. The molecule has 7 nitrogen and oxygen atoms in total. The Kier molecular flexibility index (Phi) is 6.61. The zero-order valence-electron chi connectivity index (χ0n) is 12.6. The van der Waals surface area contributed by atoms with Gasteiger partial charge in [-0.05, 0) is 18.7 Å². The molecule has 0 aliphatic heterocycles. The number of nitrogens with zero attached hydrogens (tertiary/aromatic N) is 2. The molecule has 1 rings (SSSR count). The first kappa shape index (κ1) is 16.9. The fraction of sp³-hybridized carbons (Fsp3) is 0.500. The molecule has 0 aliphatic rings. The van der Waals surface area contributed by atoms with E-state index in [1.807, 2.05) is 6.92 Å². The fourth-order valence-electron chi connectivity index (χ4n) is 1.83. The number of esters is 1. The summed E-state index contributed by atoms with van der Waals surface area (Å²) in [6, 6.07) is 3.37. The van der Waals surface area contributed by atoms with Crippen molar-refractivity contribution in [1.82, 2.24) is 14.8 Å². The number of ether oxygens (including phenoxy) is 1. The molecule has 21 heavy (non-hydrogen) atoms. The SMILES string of the molecule is CCN(CCC(=O)OC)CC(=O)NC(=O)c1cccn1C. The Morgan fingerprint density at radius 1 is 1.38 bits per heavy atom. The monoisotopic (exact) mass is 295 g/mol. The predicted octanol–water partition coefficient (Wildman–Crippen LogP) is 0.167. The van der Waals surface area contributed by atoms with E-state index in [1.54, 1.807) is 34.8 Å². The van der Waals surface area contributed by atoms with E-state index in [2.05, 4.69) is 10.1 Å². The second-order valence-corrected chi connectivity index (χ2v) is 4.58. The van der Waals surface area contributed by atoms with Crippen LogP contribution in [-0.4, -0.2) is 54.0 Å². The quantitative estimate of drug-likeness (QED) is 0.725. The highest BCUT2D eigenvalue weighted by Crippen LogP contribution is 1.99. The van der Waals surface area contributed by atoms with Crippen molar-refractivity contribution in [3.8, 4) is 0 Å². The summed E-state index contributed by atoms with van der Waals surface area (Å²) in [6.07, 6.45) is 1.94. The van der Waals surface area contributed by atoms with Crippen molar-refractivity contribution in [2.45, 2.75) is 13.3 Å². The first-order chi connectivity index (χ1) is 9.97. The second-order valence-electron chi connectivity index (χ2n) is 4.58. The van der Waals surface area contributed by atoms with Crippen LogP contribution in [0, 0.1) is 0 Å². The highest BCUT2D eigenvalue weighted by molar-refractivity contribution is 6.04. The van der Waals surface area contributed by atoms with Crippen LogP contribution >= 0.6 is 0 Å². The number of carbonyl (C=O) groups is 3. The van der Waals surface area contributed by atoms with Crippen molar-refractivity contribution in [2.24, 2.45) is 7.05 Å². The standard InChI is InChI=1S/C14H21N3O4/c1-4-17(9-7-13(19)21-3)10-12(18)15-14(20)11-6-5-8-16(11)2/h5-6,8H,4,7,9-10H2,1-3H3,(H,15,18,20). The van der Waals surface area contributed by atoms with E-state index in [0.717, 1.165) is 0 Å². The average molecular weight is 295 g/mol. The summed E-state index contributed by atoms with van der Waals surface area (Å²) in [4.78, 5) is 36.6. The zero-order valence-corrected chi connectivity index (χ0v) is 12.6. The zero-order chi connectivity index (χ0) is 15.8. The van der Waals surface area contributed by atoms with Crippen LogP contribution in [0.2, 0.25) is 0 Å². The Balaban J connectivity index is 2.46. The summed E-state index contributed by atoms with van der Waals surface area (Å²) in [5, 5.41) is 2.33. The number of methoxy groups -OCH3 is 1. The Hall–Kier alpha value is -2.15. The lowest BCUT2D eigenvalue weighted by molar-refractivity contribution is -0.141. The van der Waals surface area contributed by atoms with Crippen LogP contribution in [0.15, 0.2) is 18.3 Å². The van der Waals surface area contributed by atoms with Gasteiger partial charge in [0.25, 0.3) is 5.91 Å². The molecule has 2 amide bonds. The smallest absolute Gasteiger partial charge is 0.306 e. The van der Waals surface area contributed by atoms with Gasteiger partial charge in [0.2, 0.25) is 5.91 Å². The highest BCUT2D eigenvalue weighted by atomic mass is 16.5. The van der Waals surface area contributed by atoms with Gasteiger partial charge in [0.15, 0.2) is 0 Å². The Morgan fingerprint density at radius 2 is 2.10 bits per heavy atom. The third kappa shape index (κ3) is 5.39. The van der Waals surface area contributed by atoms with Crippen LogP contribution in [-0.2, 0) is 21.4 Å². The summed E-state index contributed by atoms with van der Waals surface area (Å²) >= 11 is 0. The maximum atomic E-state index is 11.9. The lowest BCUT2D eigenvalue weighted by atomic mass is 10.3. The van der Waals surface area contributed by atoms with Crippen molar-refractivity contribution in [3.63, 3.8) is 0 Å². The molecular formula is C14H21N3O4. The van der Waals surface area contributed by atoms with Crippen molar-refractivity contribution in [3.05, 3.63) is 24.0 Å². The Bertz CT molecular complexity index is 510. The number of imide groups is 1. The maximum Gasteiger partial charge on any atom is 0.306 e. The number of aryl methyl sites for hydroxylation is 1. The van der Waals surface area contributed by atoms with E-state index in [1.165, 1.54) is 7.11 Å². The molecule has 1 aromatic heterocycles. The largest absolute Gasteiger partial charge is 0.469 e. The van der Waals surface area contributed by atoms with Gasteiger partial charge < -0.3 is 9.30 Å². The minimum atomic E-state index is -0.434. The van der Waals surface area contributed by atoms with Crippen molar-refractivity contribution >= 4 is 17.8 Å². The number of nitrogens with one attached hydrogen (secondary N) is 1. The van der Waals surface area contributed by atoms with Crippen molar-refractivity contribution < 1.29 is 19.1 Å². The third-order valence-corrected chi connectivity index (χ3v) is 3.10. The number of hydrogen-bond donors (Lipinski definition) is 1. The summed E-state index contributed by atoms with van der Waals surface area (Å²) in [5.74, 6) is -1.15. The Labute approximate surface area is 123 Å². The summed E-state index contributed by atoms with van der Waals surface area (Å²) in [6.45, 7) is 2.95. The molecule has 0 atom stereocenters. The average Bonchev–Trinajstić information content (AvgIpc) is 2.89. The molecule has 0 fully saturated rings. The molecule has 0 radical (unpaired) electrons. The molecule has 1 N–H and O–H groups in total. The van der Waals surface area contributed by atoms with Crippen LogP contribution in [0.25, 0.3) is 0 Å². The first-order valence-electron chi connectivity index (χ1n) is 6.72. The topological polar surface area (TPSA) is 80.6 Å². The fourth-order valence-corrected chi connectivity index (χ4v) is 1.83. The van der Waals surface area contributed by atoms with Gasteiger partial charge in [-0.15, -0.1) is 0 Å². The van der Waals surface area contributed by atoms with Gasteiger partial charge >= 0.3 is 5.97 Å². The van der Waals surface area contributed by atoms with E-state index in [9.17, 15) is 14.4 Å². The van der Waals surface area contributed by atoms with Gasteiger partial charge in [-0.2, -0.15) is 0 Å². The van der Waals surface area contributed by atoms with Crippen molar-refractivity contribution in [1.29, 1.82) is 0 Å². The van der Waals surface area contributed by atoms with E-state index in [-0.39, 0.29) is 18.9 Å². The number of hydrogen-bond acceptors (Lipinski definition) is 5. The molecule has 0 bridgehead atoms. The van der Waals surface area contributed by atoms with Gasteiger partial charge in [-0.1, -0.05) is 6.92 Å². The van der Waals surface area contributed by atoms with Crippen LogP contribution in [0.5, 0.6) is 0 Å². The number of likely N-dealkylation sites (N-methyl/N-ethyl adjacent to an activating group) is 1. The molecule has 7 heteroatoms. The highest BCUT2D eigenvalue weighted by Gasteiger charge is 2.15. The van der Waals surface area contributed by atoms with Gasteiger partial charge in [0.05, 0.1) is 20.1 Å². The molecule has 0 saturated heterocycles.